The maximum atomic E-state index is 12.3. The summed E-state index contributed by atoms with van der Waals surface area (Å²) in [5, 5.41) is 0.423. The lowest BCUT2D eigenvalue weighted by molar-refractivity contribution is 0.518. The van der Waals surface area contributed by atoms with E-state index < -0.39 is 15.5 Å². The molecule has 0 radical (unpaired) electrons. The first-order chi connectivity index (χ1) is 8.89. The van der Waals surface area contributed by atoms with Crippen LogP contribution in [0, 0.1) is 0 Å². The molecule has 0 N–H and O–H groups in total. The van der Waals surface area contributed by atoms with Crippen molar-refractivity contribution in [3.8, 4) is 0 Å². The second kappa shape index (κ2) is 4.79. The van der Waals surface area contributed by atoms with Crippen LogP contribution in [0.3, 0.4) is 0 Å². The zero-order valence-electron chi connectivity index (χ0n) is 11.1. The largest absolute Gasteiger partial charge is 0.346 e. The number of para-hydroxylation sites is 1. The van der Waals surface area contributed by atoms with Crippen LogP contribution in [0.15, 0.2) is 40.2 Å². The summed E-state index contributed by atoms with van der Waals surface area (Å²) in [6, 6.07) is 7.02. The molecule has 0 fully saturated rings. The van der Waals surface area contributed by atoms with E-state index in [-0.39, 0.29) is 4.90 Å². The number of aryl methyl sites for hydroxylation is 1. The van der Waals surface area contributed by atoms with Crippen LogP contribution >= 0.6 is 0 Å². The van der Waals surface area contributed by atoms with Gasteiger partial charge in [-0.3, -0.25) is 4.79 Å². The van der Waals surface area contributed by atoms with Crippen LogP contribution in [0.4, 0.5) is 0 Å². The molecule has 19 heavy (non-hydrogen) atoms. The zero-order valence-corrected chi connectivity index (χ0v) is 11.9. The Hall–Kier alpha value is -1.66. The van der Waals surface area contributed by atoms with Crippen LogP contribution in [0.25, 0.3) is 10.9 Å². The number of aromatic nitrogens is 1. The highest BCUT2D eigenvalue weighted by atomic mass is 32.2. The summed E-state index contributed by atoms with van der Waals surface area (Å²) in [5.41, 5.74) is 0.293. The zero-order chi connectivity index (χ0) is 14.2. The standard InChI is InChI=1S/C13H16N2O3S/c1-4-15-9-12(19(17,18)14(2)3)13(16)10-7-5-6-8-11(10)15/h5-9H,4H2,1-3H3. The lowest BCUT2D eigenvalue weighted by Crippen LogP contribution is -2.28. The van der Waals surface area contributed by atoms with Gasteiger partial charge in [0.25, 0.3) is 0 Å². The Kier molecular flexibility index (Phi) is 3.47. The minimum absolute atomic E-state index is 0.182. The highest BCUT2D eigenvalue weighted by molar-refractivity contribution is 7.89. The van der Waals surface area contributed by atoms with Crippen molar-refractivity contribution in [2.24, 2.45) is 0 Å². The summed E-state index contributed by atoms with van der Waals surface area (Å²) in [6.45, 7) is 2.50. The highest BCUT2D eigenvalue weighted by Crippen LogP contribution is 2.16. The summed E-state index contributed by atoms with van der Waals surface area (Å²) in [4.78, 5) is 12.1. The van der Waals surface area contributed by atoms with Crippen LogP contribution in [0.1, 0.15) is 6.92 Å². The molecular formula is C13H16N2O3S. The highest BCUT2D eigenvalue weighted by Gasteiger charge is 2.23. The molecule has 0 aliphatic rings. The molecule has 1 aromatic heterocycles. The number of sulfonamides is 1. The Bertz CT molecular complexity index is 776. The van der Waals surface area contributed by atoms with Gasteiger partial charge in [0, 0.05) is 32.2 Å². The van der Waals surface area contributed by atoms with E-state index in [9.17, 15) is 13.2 Å². The Morgan fingerprint density at radius 1 is 1.21 bits per heavy atom. The Morgan fingerprint density at radius 3 is 2.42 bits per heavy atom. The van der Waals surface area contributed by atoms with E-state index in [1.807, 2.05) is 19.1 Å². The smallest absolute Gasteiger partial charge is 0.247 e. The topological polar surface area (TPSA) is 59.4 Å². The van der Waals surface area contributed by atoms with Crippen molar-refractivity contribution in [1.82, 2.24) is 8.87 Å². The van der Waals surface area contributed by atoms with Crippen molar-refractivity contribution in [2.45, 2.75) is 18.4 Å². The van der Waals surface area contributed by atoms with Gasteiger partial charge >= 0.3 is 0 Å². The average molecular weight is 280 g/mol. The Labute approximate surface area is 112 Å². The molecule has 2 aromatic rings. The third-order valence-electron chi connectivity index (χ3n) is 3.05. The molecule has 6 heteroatoms. The molecular weight excluding hydrogens is 264 g/mol. The van der Waals surface area contributed by atoms with Crippen molar-refractivity contribution < 1.29 is 8.42 Å². The van der Waals surface area contributed by atoms with Crippen molar-refractivity contribution >= 4 is 20.9 Å². The maximum Gasteiger partial charge on any atom is 0.247 e. The van der Waals surface area contributed by atoms with Gasteiger partial charge in [0.15, 0.2) is 0 Å². The van der Waals surface area contributed by atoms with Gasteiger partial charge in [0.1, 0.15) is 4.90 Å². The van der Waals surface area contributed by atoms with Crippen molar-refractivity contribution in [3.63, 3.8) is 0 Å². The quantitative estimate of drug-likeness (QED) is 0.850. The number of rotatable bonds is 3. The Morgan fingerprint density at radius 2 is 1.84 bits per heavy atom. The fraction of sp³-hybridized carbons (Fsp3) is 0.308. The maximum absolute atomic E-state index is 12.3. The van der Waals surface area contributed by atoms with Crippen LogP contribution in [-0.2, 0) is 16.6 Å². The van der Waals surface area contributed by atoms with E-state index in [4.69, 9.17) is 0 Å². The van der Waals surface area contributed by atoms with Gasteiger partial charge in [0.05, 0.1) is 5.52 Å². The summed E-state index contributed by atoms with van der Waals surface area (Å²) in [6.07, 6.45) is 1.42. The third-order valence-corrected chi connectivity index (χ3v) is 4.86. The lowest BCUT2D eigenvalue weighted by atomic mass is 10.2. The molecule has 0 aliphatic carbocycles. The molecule has 0 saturated carbocycles. The minimum Gasteiger partial charge on any atom is -0.346 e. The number of hydrogen-bond acceptors (Lipinski definition) is 3. The van der Waals surface area contributed by atoms with Crippen LogP contribution in [-0.4, -0.2) is 31.4 Å². The molecule has 5 nitrogen and oxygen atoms in total. The summed E-state index contributed by atoms with van der Waals surface area (Å²) < 4.78 is 27.2. The lowest BCUT2D eigenvalue weighted by Gasteiger charge is -2.14. The van der Waals surface area contributed by atoms with Crippen LogP contribution in [0.5, 0.6) is 0 Å². The second-order valence-corrected chi connectivity index (χ2v) is 6.53. The van der Waals surface area contributed by atoms with E-state index in [2.05, 4.69) is 0 Å². The number of hydrogen-bond donors (Lipinski definition) is 0. The number of pyridine rings is 1. The van der Waals surface area contributed by atoms with Gasteiger partial charge in [0.2, 0.25) is 15.5 Å². The average Bonchev–Trinajstić information content (AvgIpc) is 2.39. The van der Waals surface area contributed by atoms with Gasteiger partial charge in [-0.1, -0.05) is 12.1 Å². The van der Waals surface area contributed by atoms with Gasteiger partial charge in [-0.05, 0) is 19.1 Å². The van der Waals surface area contributed by atoms with Crippen LogP contribution in [0.2, 0.25) is 0 Å². The first kappa shape index (κ1) is 13.8. The summed E-state index contributed by atoms with van der Waals surface area (Å²) in [7, 11) is -0.898. The number of benzene rings is 1. The summed E-state index contributed by atoms with van der Waals surface area (Å²) in [5.74, 6) is 0. The van der Waals surface area contributed by atoms with Crippen LogP contribution < -0.4 is 5.43 Å². The fourth-order valence-corrected chi connectivity index (χ4v) is 2.96. The molecule has 0 atom stereocenters. The molecule has 2 rings (SSSR count). The molecule has 0 saturated heterocycles. The number of nitrogens with zero attached hydrogens (tertiary/aromatic N) is 2. The van der Waals surface area contributed by atoms with E-state index in [0.29, 0.717) is 11.9 Å². The summed E-state index contributed by atoms with van der Waals surface area (Å²) >= 11 is 0. The predicted octanol–water partition coefficient (Wildman–Crippen LogP) is 1.27. The first-order valence-electron chi connectivity index (χ1n) is 5.94. The van der Waals surface area contributed by atoms with Crippen molar-refractivity contribution in [2.75, 3.05) is 14.1 Å². The molecule has 102 valence electrons. The van der Waals surface area contributed by atoms with Gasteiger partial charge in [-0.2, -0.15) is 0 Å². The van der Waals surface area contributed by atoms with Gasteiger partial charge in [-0.25, -0.2) is 12.7 Å². The predicted molar refractivity (Wildman–Crippen MR) is 74.8 cm³/mol. The van der Waals surface area contributed by atoms with E-state index >= 15 is 0 Å². The van der Waals surface area contributed by atoms with Crippen molar-refractivity contribution in [1.29, 1.82) is 0 Å². The van der Waals surface area contributed by atoms with Gasteiger partial charge in [-0.15, -0.1) is 0 Å². The number of fused-ring (bicyclic) bond motifs is 1. The molecule has 0 unspecified atom stereocenters. The molecule has 0 spiro atoms. The first-order valence-corrected chi connectivity index (χ1v) is 7.38. The molecule has 0 aliphatic heterocycles. The van der Waals surface area contributed by atoms with Gasteiger partial charge < -0.3 is 4.57 Å². The minimum atomic E-state index is -3.73. The molecule has 0 bridgehead atoms. The van der Waals surface area contributed by atoms with Crippen molar-refractivity contribution in [3.05, 3.63) is 40.7 Å². The Balaban J connectivity index is 2.93. The third kappa shape index (κ3) is 2.17. The second-order valence-electron chi connectivity index (χ2n) is 4.41. The normalized spacial score (nSPS) is 12.2. The van der Waals surface area contributed by atoms with E-state index in [0.717, 1.165) is 9.82 Å². The SMILES string of the molecule is CCn1cc(S(=O)(=O)N(C)C)c(=O)c2ccccc21. The molecule has 1 aromatic carbocycles. The van der Waals surface area contributed by atoms with E-state index in [1.54, 1.807) is 16.7 Å². The monoisotopic (exact) mass is 280 g/mol. The fourth-order valence-electron chi connectivity index (χ4n) is 1.96. The molecule has 0 amide bonds. The molecule has 1 heterocycles. The van der Waals surface area contributed by atoms with E-state index in [1.165, 1.54) is 20.3 Å².